The first kappa shape index (κ1) is 18.9. The summed E-state index contributed by atoms with van der Waals surface area (Å²) in [7, 11) is -2.32. The van der Waals surface area contributed by atoms with Crippen molar-refractivity contribution in [2.75, 3.05) is 7.11 Å². The van der Waals surface area contributed by atoms with E-state index in [1.54, 1.807) is 4.31 Å². The predicted octanol–water partition coefficient (Wildman–Crippen LogP) is 1.86. The average molecular weight is 404 g/mol. The number of nitrogens with two attached hydrogens (primary N) is 1. The fraction of sp³-hybridized carbons (Fsp3) is 0.474. The first-order valence-corrected chi connectivity index (χ1v) is 10.8. The van der Waals surface area contributed by atoms with Crippen molar-refractivity contribution in [2.45, 2.75) is 55.6 Å². The second-order valence-electron chi connectivity index (χ2n) is 7.57. The van der Waals surface area contributed by atoms with Crippen LogP contribution in [-0.2, 0) is 10.0 Å². The van der Waals surface area contributed by atoms with Gasteiger partial charge in [0.15, 0.2) is 0 Å². The summed E-state index contributed by atoms with van der Waals surface area (Å²) in [4.78, 5) is 11.8. The Balaban J connectivity index is 1.64. The van der Waals surface area contributed by atoms with Crippen LogP contribution in [0.4, 0.5) is 0 Å². The Morgan fingerprint density at radius 3 is 2.43 bits per heavy atom. The highest BCUT2D eigenvalue weighted by molar-refractivity contribution is 7.89. The third-order valence-electron chi connectivity index (χ3n) is 5.76. The lowest BCUT2D eigenvalue weighted by molar-refractivity contribution is 0.0997. The average Bonchev–Trinajstić information content (AvgIpc) is 3.22. The van der Waals surface area contributed by atoms with Gasteiger partial charge in [-0.15, -0.1) is 0 Å². The van der Waals surface area contributed by atoms with Gasteiger partial charge >= 0.3 is 0 Å². The number of methoxy groups -OCH3 is 1. The number of primary amides is 1. The third-order valence-corrected chi connectivity index (χ3v) is 7.76. The number of fused-ring (bicyclic) bond motifs is 2. The molecule has 0 aliphatic carbocycles. The van der Waals surface area contributed by atoms with E-state index in [-0.39, 0.29) is 34.3 Å². The Bertz CT molecular complexity index is 1000. The van der Waals surface area contributed by atoms with Crippen molar-refractivity contribution in [2.24, 2.45) is 5.73 Å². The molecule has 2 aliphatic heterocycles. The number of nitrogens with zero attached hydrogens (tertiary/aromatic N) is 3. The fourth-order valence-corrected chi connectivity index (χ4v) is 6.43. The lowest BCUT2D eigenvalue weighted by Crippen LogP contribution is -2.46. The van der Waals surface area contributed by atoms with E-state index in [4.69, 9.17) is 10.5 Å². The molecule has 1 aromatic carbocycles. The van der Waals surface area contributed by atoms with Crippen LogP contribution >= 0.6 is 0 Å². The molecule has 2 N–H and O–H groups in total. The molecule has 8 nitrogen and oxygen atoms in total. The summed E-state index contributed by atoms with van der Waals surface area (Å²) < 4.78 is 35.5. The van der Waals surface area contributed by atoms with Crippen molar-refractivity contribution in [3.05, 3.63) is 41.7 Å². The minimum absolute atomic E-state index is 0.0674. The Hall–Kier alpha value is -2.39. The predicted molar refractivity (Wildman–Crippen MR) is 103 cm³/mol. The zero-order chi connectivity index (χ0) is 20.1. The molecule has 28 heavy (non-hydrogen) atoms. The maximum atomic E-state index is 13.4. The van der Waals surface area contributed by atoms with Crippen LogP contribution in [0.2, 0.25) is 0 Å². The fourth-order valence-electron chi connectivity index (χ4n) is 4.51. The summed E-state index contributed by atoms with van der Waals surface area (Å²) in [5.74, 6) is -0.452. The van der Waals surface area contributed by atoms with Crippen LogP contribution in [0.1, 0.15) is 47.6 Å². The van der Waals surface area contributed by atoms with Crippen LogP contribution in [0, 0.1) is 6.92 Å². The molecule has 3 heterocycles. The number of benzene rings is 1. The molecule has 2 atom stereocenters. The quantitative estimate of drug-likeness (QED) is 0.818. The van der Waals surface area contributed by atoms with Gasteiger partial charge in [-0.25, -0.2) is 8.42 Å². The molecule has 9 heteroatoms. The molecule has 2 bridgehead atoms. The zero-order valence-corrected chi connectivity index (χ0v) is 16.7. The standard InChI is InChI=1S/C19H24N4O4S/c1-12-10-21-22(11-12)15-7-13-3-4-14(8-15)23(13)28(25,26)16-5-6-18(27-2)17(9-16)19(20)24/h5-6,9-11,13-15H,3-4,7-8H2,1-2H3,(H2,20,24). The second-order valence-corrected chi connectivity index (χ2v) is 9.41. The topological polar surface area (TPSA) is 108 Å². The van der Waals surface area contributed by atoms with E-state index in [1.807, 2.05) is 24.0 Å². The molecular formula is C19H24N4O4S. The zero-order valence-electron chi connectivity index (χ0n) is 15.9. The van der Waals surface area contributed by atoms with Gasteiger partial charge in [0.2, 0.25) is 10.0 Å². The number of hydrogen-bond donors (Lipinski definition) is 1. The molecule has 2 aromatic rings. The summed E-state index contributed by atoms with van der Waals surface area (Å²) in [5, 5.41) is 4.42. The molecule has 1 amide bonds. The third kappa shape index (κ3) is 3.08. The lowest BCUT2D eigenvalue weighted by Gasteiger charge is -2.38. The maximum Gasteiger partial charge on any atom is 0.252 e. The van der Waals surface area contributed by atoms with Crippen molar-refractivity contribution in [1.29, 1.82) is 0 Å². The number of aromatic nitrogens is 2. The number of sulfonamides is 1. The number of carbonyl (C=O) groups is 1. The van der Waals surface area contributed by atoms with Crippen LogP contribution in [0.15, 0.2) is 35.5 Å². The van der Waals surface area contributed by atoms with Crippen molar-refractivity contribution in [1.82, 2.24) is 14.1 Å². The molecule has 2 aliphatic rings. The van der Waals surface area contributed by atoms with Gasteiger partial charge < -0.3 is 10.5 Å². The summed E-state index contributed by atoms with van der Waals surface area (Å²) in [6, 6.07) is 4.33. The van der Waals surface area contributed by atoms with Gasteiger partial charge in [-0.1, -0.05) is 0 Å². The van der Waals surface area contributed by atoms with Crippen LogP contribution in [0.3, 0.4) is 0 Å². The number of aryl methyl sites for hydroxylation is 1. The van der Waals surface area contributed by atoms with E-state index in [9.17, 15) is 13.2 Å². The number of amides is 1. The van der Waals surface area contributed by atoms with Gasteiger partial charge in [0, 0.05) is 18.3 Å². The van der Waals surface area contributed by atoms with E-state index in [1.165, 1.54) is 25.3 Å². The molecule has 2 unspecified atom stereocenters. The molecule has 0 radical (unpaired) electrons. The summed E-state index contributed by atoms with van der Waals surface area (Å²) in [6.07, 6.45) is 6.97. The van der Waals surface area contributed by atoms with Gasteiger partial charge in [-0.2, -0.15) is 9.40 Å². The molecule has 0 spiro atoms. The van der Waals surface area contributed by atoms with Crippen LogP contribution in [-0.4, -0.2) is 47.6 Å². The van der Waals surface area contributed by atoms with Crippen LogP contribution in [0.25, 0.3) is 0 Å². The molecule has 150 valence electrons. The highest BCUT2D eigenvalue weighted by Gasteiger charge is 2.47. The van der Waals surface area contributed by atoms with Gasteiger partial charge in [-0.3, -0.25) is 9.48 Å². The van der Waals surface area contributed by atoms with Crippen molar-refractivity contribution in [3.8, 4) is 5.75 Å². The van der Waals surface area contributed by atoms with E-state index < -0.39 is 15.9 Å². The number of rotatable bonds is 5. The van der Waals surface area contributed by atoms with E-state index in [0.717, 1.165) is 31.2 Å². The van der Waals surface area contributed by atoms with Crippen LogP contribution < -0.4 is 10.5 Å². The van der Waals surface area contributed by atoms with E-state index in [0.29, 0.717) is 0 Å². The Morgan fingerprint density at radius 2 is 1.89 bits per heavy atom. The van der Waals surface area contributed by atoms with Crippen molar-refractivity contribution >= 4 is 15.9 Å². The largest absolute Gasteiger partial charge is 0.496 e. The maximum absolute atomic E-state index is 13.4. The number of ether oxygens (including phenoxy) is 1. The lowest BCUT2D eigenvalue weighted by atomic mass is 10.00. The monoisotopic (exact) mass is 404 g/mol. The Kier molecular flexibility index (Phi) is 4.67. The first-order chi connectivity index (χ1) is 13.3. The Morgan fingerprint density at radius 1 is 1.21 bits per heavy atom. The first-order valence-electron chi connectivity index (χ1n) is 9.33. The number of carbonyl (C=O) groups excluding carboxylic acids is 1. The van der Waals surface area contributed by atoms with Crippen LogP contribution in [0.5, 0.6) is 5.75 Å². The van der Waals surface area contributed by atoms with Gasteiger partial charge in [-0.05, 0) is 56.4 Å². The normalized spacial score (nSPS) is 25.0. The minimum Gasteiger partial charge on any atom is -0.496 e. The van der Waals surface area contributed by atoms with Gasteiger partial charge in [0.25, 0.3) is 5.91 Å². The number of hydrogen-bond acceptors (Lipinski definition) is 5. The van der Waals surface area contributed by atoms with Gasteiger partial charge in [0.1, 0.15) is 5.75 Å². The summed E-state index contributed by atoms with van der Waals surface area (Å²) >= 11 is 0. The molecule has 0 saturated carbocycles. The van der Waals surface area contributed by atoms with Crippen molar-refractivity contribution in [3.63, 3.8) is 0 Å². The van der Waals surface area contributed by atoms with E-state index in [2.05, 4.69) is 5.10 Å². The summed E-state index contributed by atoms with van der Waals surface area (Å²) in [6.45, 7) is 2.00. The molecule has 1 aromatic heterocycles. The SMILES string of the molecule is COc1ccc(S(=O)(=O)N2C3CCC2CC(n2cc(C)cn2)C3)cc1C(N)=O. The molecule has 2 fully saturated rings. The molecule has 4 rings (SSSR count). The highest BCUT2D eigenvalue weighted by atomic mass is 32.2. The molecule has 2 saturated heterocycles. The highest BCUT2D eigenvalue weighted by Crippen LogP contribution is 2.44. The van der Waals surface area contributed by atoms with Crippen molar-refractivity contribution < 1.29 is 17.9 Å². The van der Waals surface area contributed by atoms with Gasteiger partial charge in [0.05, 0.1) is 29.8 Å². The molecular weight excluding hydrogens is 380 g/mol. The smallest absolute Gasteiger partial charge is 0.252 e. The minimum atomic E-state index is -3.74. The number of piperidine rings is 1. The summed E-state index contributed by atoms with van der Waals surface area (Å²) in [5.41, 5.74) is 6.56. The van der Waals surface area contributed by atoms with E-state index >= 15 is 0 Å². The second kappa shape index (κ2) is 6.89. The Labute approximate surface area is 164 Å².